The Hall–Kier alpha value is -1.71. The Morgan fingerprint density at radius 2 is 1.45 bits per heavy atom. The van der Waals surface area contributed by atoms with Crippen LogP contribution < -0.4 is 11.3 Å². The van der Waals surface area contributed by atoms with E-state index in [-0.39, 0.29) is 11.9 Å². The van der Waals surface area contributed by atoms with Crippen molar-refractivity contribution >= 4 is 0 Å². The molecule has 1 atom stereocenters. The Morgan fingerprint density at radius 3 is 2.10 bits per heavy atom. The average Bonchev–Trinajstić information content (AvgIpc) is 2.40. The minimum atomic E-state index is -0.243. The molecule has 0 aliphatic heterocycles. The van der Waals surface area contributed by atoms with Crippen molar-refractivity contribution in [1.82, 2.24) is 5.43 Å². The molecule has 0 aromatic heterocycles. The first kappa shape index (κ1) is 14.7. The molecule has 0 bridgehead atoms. The van der Waals surface area contributed by atoms with Crippen LogP contribution in [0.1, 0.15) is 39.4 Å². The third kappa shape index (κ3) is 2.74. The zero-order valence-electron chi connectivity index (χ0n) is 12.4. The van der Waals surface area contributed by atoms with Crippen LogP contribution in [0.4, 0.5) is 4.39 Å². The maximum atomic E-state index is 13.5. The molecule has 106 valence electrons. The van der Waals surface area contributed by atoms with Crippen molar-refractivity contribution in [1.29, 1.82) is 0 Å². The molecule has 0 spiro atoms. The first-order chi connectivity index (χ1) is 9.43. The largest absolute Gasteiger partial charge is 0.271 e. The van der Waals surface area contributed by atoms with Crippen molar-refractivity contribution < 1.29 is 4.39 Å². The van der Waals surface area contributed by atoms with Crippen LogP contribution in [-0.4, -0.2) is 0 Å². The van der Waals surface area contributed by atoms with Crippen molar-refractivity contribution in [2.24, 2.45) is 5.84 Å². The quantitative estimate of drug-likeness (QED) is 0.661. The smallest absolute Gasteiger partial charge is 0.123 e. The molecule has 0 aliphatic rings. The number of nitrogens with one attached hydrogen (secondary N) is 1. The second-order valence-electron chi connectivity index (χ2n) is 5.39. The van der Waals surface area contributed by atoms with Crippen molar-refractivity contribution in [3.8, 4) is 0 Å². The summed E-state index contributed by atoms with van der Waals surface area (Å²) in [6, 6.07) is 8.87. The third-order valence-corrected chi connectivity index (χ3v) is 3.91. The van der Waals surface area contributed by atoms with Crippen molar-refractivity contribution in [3.63, 3.8) is 0 Å². The minimum Gasteiger partial charge on any atom is -0.271 e. The molecule has 0 saturated heterocycles. The molecular weight excluding hydrogens is 251 g/mol. The van der Waals surface area contributed by atoms with E-state index in [0.717, 1.165) is 22.3 Å². The highest BCUT2D eigenvalue weighted by Gasteiger charge is 2.18. The Bertz CT molecular complexity index is 635. The lowest BCUT2D eigenvalue weighted by molar-refractivity contribution is 0.601. The summed E-state index contributed by atoms with van der Waals surface area (Å²) in [5.41, 5.74) is 9.41. The molecule has 2 aromatic rings. The Balaban J connectivity index is 2.58. The fraction of sp³-hybridized carbons (Fsp3) is 0.294. The van der Waals surface area contributed by atoms with Gasteiger partial charge in [0.2, 0.25) is 0 Å². The Kier molecular flexibility index (Phi) is 4.21. The summed E-state index contributed by atoms with van der Waals surface area (Å²) < 4.78 is 13.5. The SMILES string of the molecule is Cc1cc(C)c(C(NN)c2cc(F)ccc2C)cc1C. The van der Waals surface area contributed by atoms with E-state index in [1.54, 1.807) is 12.1 Å². The lowest BCUT2D eigenvalue weighted by Crippen LogP contribution is -2.30. The second-order valence-corrected chi connectivity index (χ2v) is 5.39. The molecule has 3 heteroatoms. The molecule has 0 amide bonds. The van der Waals surface area contributed by atoms with Crippen molar-refractivity contribution in [2.45, 2.75) is 33.7 Å². The van der Waals surface area contributed by atoms with Crippen molar-refractivity contribution in [3.05, 3.63) is 69.5 Å². The van der Waals surface area contributed by atoms with E-state index in [0.29, 0.717) is 0 Å². The number of halogens is 1. The molecule has 20 heavy (non-hydrogen) atoms. The van der Waals surface area contributed by atoms with E-state index in [1.807, 2.05) is 6.92 Å². The number of aryl methyl sites for hydroxylation is 4. The molecule has 2 nitrogen and oxygen atoms in total. The Morgan fingerprint density at radius 1 is 0.850 bits per heavy atom. The normalized spacial score (nSPS) is 12.5. The van der Waals surface area contributed by atoms with Gasteiger partial charge in [-0.25, -0.2) is 9.82 Å². The van der Waals surface area contributed by atoms with Crippen LogP contribution in [0.2, 0.25) is 0 Å². The monoisotopic (exact) mass is 272 g/mol. The van der Waals surface area contributed by atoms with Gasteiger partial charge in [0, 0.05) is 0 Å². The van der Waals surface area contributed by atoms with Gasteiger partial charge in [-0.2, -0.15) is 0 Å². The highest BCUT2D eigenvalue weighted by Crippen LogP contribution is 2.29. The summed E-state index contributed by atoms with van der Waals surface area (Å²) in [6.07, 6.45) is 0. The summed E-state index contributed by atoms with van der Waals surface area (Å²) in [7, 11) is 0. The van der Waals surface area contributed by atoms with Crippen LogP contribution in [0.5, 0.6) is 0 Å². The van der Waals surface area contributed by atoms with Crippen molar-refractivity contribution in [2.75, 3.05) is 0 Å². The molecule has 0 radical (unpaired) electrons. The maximum Gasteiger partial charge on any atom is 0.123 e. The van der Waals surface area contributed by atoms with Crippen LogP contribution in [-0.2, 0) is 0 Å². The molecule has 3 N–H and O–H groups in total. The topological polar surface area (TPSA) is 38.0 Å². The predicted octanol–water partition coefficient (Wildman–Crippen LogP) is 3.61. The Labute approximate surface area is 119 Å². The average molecular weight is 272 g/mol. The van der Waals surface area contributed by atoms with Gasteiger partial charge < -0.3 is 0 Å². The van der Waals surface area contributed by atoms with E-state index < -0.39 is 0 Å². The summed E-state index contributed by atoms with van der Waals surface area (Å²) in [5.74, 6) is 5.50. The molecule has 1 unspecified atom stereocenters. The zero-order chi connectivity index (χ0) is 14.9. The summed E-state index contributed by atoms with van der Waals surface area (Å²) in [6.45, 7) is 8.19. The third-order valence-electron chi connectivity index (χ3n) is 3.91. The van der Waals surface area contributed by atoms with Crippen LogP contribution >= 0.6 is 0 Å². The highest BCUT2D eigenvalue weighted by atomic mass is 19.1. The number of nitrogens with two attached hydrogens (primary N) is 1. The van der Waals surface area contributed by atoms with Gasteiger partial charge in [-0.3, -0.25) is 5.84 Å². The van der Waals surface area contributed by atoms with Crippen LogP contribution in [0.25, 0.3) is 0 Å². The van der Waals surface area contributed by atoms with Gasteiger partial charge >= 0.3 is 0 Å². The lowest BCUT2D eigenvalue weighted by Gasteiger charge is -2.22. The summed E-state index contributed by atoms with van der Waals surface area (Å²) in [5, 5.41) is 0. The van der Waals surface area contributed by atoms with E-state index in [4.69, 9.17) is 5.84 Å². The van der Waals surface area contributed by atoms with Gasteiger partial charge in [-0.15, -0.1) is 0 Å². The zero-order valence-corrected chi connectivity index (χ0v) is 12.4. The number of hydrogen-bond acceptors (Lipinski definition) is 2. The molecule has 0 heterocycles. The molecule has 2 rings (SSSR count). The lowest BCUT2D eigenvalue weighted by atomic mass is 9.90. The number of rotatable bonds is 3. The van der Waals surface area contributed by atoms with Crippen LogP contribution in [0.15, 0.2) is 30.3 Å². The van der Waals surface area contributed by atoms with E-state index in [1.165, 1.54) is 17.2 Å². The van der Waals surface area contributed by atoms with Crippen LogP contribution in [0.3, 0.4) is 0 Å². The van der Waals surface area contributed by atoms with E-state index in [9.17, 15) is 4.39 Å². The summed E-state index contributed by atoms with van der Waals surface area (Å²) in [4.78, 5) is 0. The van der Waals surface area contributed by atoms with Gasteiger partial charge in [0.15, 0.2) is 0 Å². The first-order valence-corrected chi connectivity index (χ1v) is 6.74. The highest BCUT2D eigenvalue weighted by molar-refractivity contribution is 5.44. The molecule has 0 aliphatic carbocycles. The first-order valence-electron chi connectivity index (χ1n) is 6.74. The van der Waals surface area contributed by atoms with Gasteiger partial charge in [-0.05, 0) is 73.2 Å². The van der Waals surface area contributed by atoms with Gasteiger partial charge in [0.05, 0.1) is 6.04 Å². The van der Waals surface area contributed by atoms with E-state index in [2.05, 4.69) is 38.3 Å². The van der Waals surface area contributed by atoms with Gasteiger partial charge in [0.25, 0.3) is 0 Å². The molecular formula is C17H21FN2. The number of hydrogen-bond donors (Lipinski definition) is 2. The second kappa shape index (κ2) is 5.73. The van der Waals surface area contributed by atoms with Gasteiger partial charge in [-0.1, -0.05) is 18.2 Å². The summed E-state index contributed by atoms with van der Waals surface area (Å²) >= 11 is 0. The fourth-order valence-electron chi connectivity index (χ4n) is 2.56. The number of benzene rings is 2. The maximum absolute atomic E-state index is 13.5. The van der Waals surface area contributed by atoms with Crippen LogP contribution in [0, 0.1) is 33.5 Å². The number of hydrazine groups is 1. The van der Waals surface area contributed by atoms with Gasteiger partial charge in [0.1, 0.15) is 5.82 Å². The molecule has 2 aromatic carbocycles. The molecule has 0 fully saturated rings. The fourth-order valence-corrected chi connectivity index (χ4v) is 2.56. The van der Waals surface area contributed by atoms with E-state index >= 15 is 0 Å². The molecule has 0 saturated carbocycles. The predicted molar refractivity (Wildman–Crippen MR) is 81.0 cm³/mol. The minimum absolute atomic E-state index is 0.204. The standard InChI is InChI=1S/C17H21FN2/c1-10-5-6-14(18)9-16(10)17(20-19)15-8-12(3)11(2)7-13(15)4/h5-9,17,20H,19H2,1-4H3.